The number of hydrogen-bond donors (Lipinski definition) is 5. The van der Waals surface area contributed by atoms with E-state index in [0.29, 0.717) is 117 Å². The van der Waals surface area contributed by atoms with E-state index in [2.05, 4.69) is 14.1 Å². The van der Waals surface area contributed by atoms with Gasteiger partial charge in [0.25, 0.3) is 0 Å². The molecule has 17 nitrogen and oxygen atoms in total. The lowest BCUT2D eigenvalue weighted by molar-refractivity contribution is -0.941. The maximum absolute atomic E-state index is 12.9. The third-order valence-electron chi connectivity index (χ3n) is 14.4. The highest BCUT2D eigenvalue weighted by Crippen LogP contribution is 2.48. The number of aliphatic hydroxyl groups is 5. The van der Waals surface area contributed by atoms with E-state index in [4.69, 9.17) is 37.9 Å². The van der Waals surface area contributed by atoms with Gasteiger partial charge in [0.2, 0.25) is 0 Å². The van der Waals surface area contributed by atoms with Gasteiger partial charge < -0.3 is 72.4 Å². The second-order valence-corrected chi connectivity index (χ2v) is 18.5. The first-order valence-electron chi connectivity index (χ1n) is 23.9. The number of rotatable bonds is 24. The molecule has 2 aliphatic heterocycles. The molecule has 4 atom stereocenters. The van der Waals surface area contributed by atoms with Crippen molar-refractivity contribution in [1.82, 2.24) is 0 Å². The molecule has 71 heavy (non-hydrogen) atoms. The third kappa shape index (κ3) is 11.7. The Kier molecular flexibility index (Phi) is 18.8. The standard InChI is InChI=1S/C54H72N2O15/c1-55(17-14-36-24-39(30-58)43(33-61)54(69-8)51(36)44(55)22-34-21-38(29-57)42(32-60)45(23-34)64-3)15-9-19-70-49(62)11-12-50(63)71-20-10-16-56(2)18-13-35-26-46(65-4)47(66-5)28-41(35)52(56)37-25-40(31-59)53(68-7)48(27-37)67-6/h11-12,21,23-28,44,52,57-61H,9-10,13-20,22,29-33H2,1-8H3/q+2. The molecule has 386 valence electrons. The minimum Gasteiger partial charge on any atom is -0.496 e. The number of fused-ring (bicyclic) bond motifs is 2. The van der Waals surface area contributed by atoms with Crippen molar-refractivity contribution in [2.24, 2.45) is 0 Å². The van der Waals surface area contributed by atoms with Crippen LogP contribution in [0, 0.1) is 0 Å². The number of benzene rings is 4. The van der Waals surface area contributed by atoms with E-state index in [-0.39, 0.29) is 58.3 Å². The number of likely N-dealkylation sites (N-methyl/N-ethyl adjacent to an activating group) is 2. The molecule has 0 spiro atoms. The number of quaternary nitrogens is 2. The second kappa shape index (κ2) is 24.5. The molecule has 0 bridgehead atoms. The van der Waals surface area contributed by atoms with E-state index in [1.54, 1.807) is 28.4 Å². The van der Waals surface area contributed by atoms with Crippen LogP contribution in [-0.4, -0.2) is 143 Å². The zero-order chi connectivity index (χ0) is 51.5. The first-order chi connectivity index (χ1) is 34.2. The molecule has 4 unspecified atom stereocenters. The van der Waals surface area contributed by atoms with Crippen LogP contribution in [0.15, 0.2) is 54.6 Å². The molecule has 0 fully saturated rings. The van der Waals surface area contributed by atoms with Gasteiger partial charge in [0.05, 0.1) is 135 Å². The van der Waals surface area contributed by atoms with Crippen molar-refractivity contribution in [2.45, 2.75) is 77.2 Å². The fourth-order valence-corrected chi connectivity index (χ4v) is 10.8. The fraction of sp³-hybridized carbons (Fsp3) is 0.481. The van der Waals surface area contributed by atoms with Gasteiger partial charge in [-0.25, -0.2) is 9.59 Å². The molecule has 5 N–H and O–H groups in total. The summed E-state index contributed by atoms with van der Waals surface area (Å²) in [6.07, 6.45) is 5.05. The van der Waals surface area contributed by atoms with Crippen molar-refractivity contribution < 1.29 is 82.0 Å². The second-order valence-electron chi connectivity index (χ2n) is 18.5. The summed E-state index contributed by atoms with van der Waals surface area (Å²) in [7, 11) is 13.7. The van der Waals surface area contributed by atoms with Crippen LogP contribution >= 0.6 is 0 Å². The number of nitrogens with zero attached hydrogens (tertiary/aromatic N) is 2. The summed E-state index contributed by atoms with van der Waals surface area (Å²) in [4.78, 5) is 25.8. The molecule has 6 rings (SSSR count). The van der Waals surface area contributed by atoms with E-state index in [1.165, 1.54) is 14.2 Å². The number of aliphatic hydroxyl groups excluding tert-OH is 5. The smallest absolute Gasteiger partial charge is 0.331 e. The van der Waals surface area contributed by atoms with Crippen molar-refractivity contribution in [3.05, 3.63) is 116 Å². The maximum Gasteiger partial charge on any atom is 0.331 e. The Morgan fingerprint density at radius 1 is 0.563 bits per heavy atom. The number of carbonyl (C=O) groups is 2. The third-order valence-corrected chi connectivity index (χ3v) is 14.4. The molecule has 0 amide bonds. The van der Waals surface area contributed by atoms with E-state index < -0.39 is 11.9 Å². The Hall–Kier alpha value is -5.92. The van der Waals surface area contributed by atoms with E-state index in [1.807, 2.05) is 42.5 Å². The first-order valence-corrected chi connectivity index (χ1v) is 23.9. The van der Waals surface area contributed by atoms with Crippen molar-refractivity contribution in [1.29, 1.82) is 0 Å². The lowest BCUT2D eigenvalue weighted by atomic mass is 9.82. The molecule has 0 saturated heterocycles. The van der Waals surface area contributed by atoms with Crippen LogP contribution < -0.4 is 28.4 Å². The number of methoxy groups -OCH3 is 6. The van der Waals surface area contributed by atoms with Crippen molar-refractivity contribution in [2.75, 3.05) is 96.1 Å². The summed E-state index contributed by atoms with van der Waals surface area (Å²) in [6, 6.07) is 13.1. The number of carbonyl (C=O) groups excluding carboxylic acids is 2. The number of ether oxygens (including phenoxy) is 8. The zero-order valence-corrected chi connectivity index (χ0v) is 42.4. The summed E-state index contributed by atoms with van der Waals surface area (Å²) in [6.45, 7) is 1.44. The Balaban J connectivity index is 1.10. The highest BCUT2D eigenvalue weighted by atomic mass is 16.5. The molecule has 0 aliphatic carbocycles. The Morgan fingerprint density at radius 2 is 1.11 bits per heavy atom. The monoisotopic (exact) mass is 988 g/mol. The molecule has 0 aromatic heterocycles. The molecule has 17 heteroatoms. The van der Waals surface area contributed by atoms with Crippen LogP contribution in [0.4, 0.5) is 0 Å². The highest BCUT2D eigenvalue weighted by molar-refractivity contribution is 5.91. The van der Waals surface area contributed by atoms with Crippen molar-refractivity contribution in [3.8, 4) is 34.5 Å². The molecule has 2 aliphatic rings. The summed E-state index contributed by atoms with van der Waals surface area (Å²) >= 11 is 0. The van der Waals surface area contributed by atoms with Gasteiger partial charge in [-0.3, -0.25) is 0 Å². The molecule has 0 radical (unpaired) electrons. The molecular weight excluding hydrogens is 917 g/mol. The predicted molar refractivity (Wildman–Crippen MR) is 263 cm³/mol. The summed E-state index contributed by atoms with van der Waals surface area (Å²) in [5, 5.41) is 51.3. The van der Waals surface area contributed by atoms with Gasteiger partial charge in [0.15, 0.2) is 23.0 Å². The Bertz CT molecular complexity index is 2490. The van der Waals surface area contributed by atoms with Gasteiger partial charge in [-0.2, -0.15) is 0 Å². The van der Waals surface area contributed by atoms with Crippen molar-refractivity contribution in [3.63, 3.8) is 0 Å². The minimum absolute atomic E-state index is 0.0844. The maximum atomic E-state index is 12.9. The van der Waals surface area contributed by atoms with Gasteiger partial charge >= 0.3 is 11.9 Å². The predicted octanol–water partition coefficient (Wildman–Crippen LogP) is 4.70. The normalized spacial score (nSPS) is 19.4. The molecule has 2 heterocycles. The summed E-state index contributed by atoms with van der Waals surface area (Å²) in [5.74, 6) is 1.83. The average Bonchev–Trinajstić information content (AvgIpc) is 3.39. The average molecular weight is 989 g/mol. The quantitative estimate of drug-likeness (QED) is 0.0279. The first kappa shape index (κ1) is 54.4. The van der Waals surface area contributed by atoms with Crippen LogP contribution in [-0.2, 0) is 71.4 Å². The van der Waals surface area contributed by atoms with Crippen LogP contribution in [0.2, 0.25) is 0 Å². The van der Waals surface area contributed by atoms with Crippen LogP contribution in [0.5, 0.6) is 34.5 Å². The summed E-state index contributed by atoms with van der Waals surface area (Å²) in [5.41, 5.74) is 8.60. The molecule has 4 aromatic rings. The van der Waals surface area contributed by atoms with Gasteiger partial charge in [-0.15, -0.1) is 0 Å². The van der Waals surface area contributed by atoms with Crippen LogP contribution in [0.1, 0.15) is 86.1 Å². The van der Waals surface area contributed by atoms with Gasteiger partial charge in [-0.1, -0.05) is 12.1 Å². The minimum atomic E-state index is -0.680. The van der Waals surface area contributed by atoms with E-state index in [9.17, 15) is 35.1 Å². The largest absolute Gasteiger partial charge is 0.496 e. The fourth-order valence-electron chi connectivity index (χ4n) is 10.8. The Morgan fingerprint density at radius 3 is 1.68 bits per heavy atom. The molecule has 0 saturated carbocycles. The lowest BCUT2D eigenvalue weighted by Crippen LogP contribution is -2.53. The van der Waals surface area contributed by atoms with Crippen LogP contribution in [0.3, 0.4) is 0 Å². The van der Waals surface area contributed by atoms with Gasteiger partial charge in [0, 0.05) is 72.1 Å². The SMILES string of the molecule is COc1cc2c(cc1OC)C(c1cc(CO)c(OC)c(OC)c1)[N+](C)(CCCOC(=O)C=CC(=O)OCCC[N+]1(C)CCc3cc(CO)c(CO)c(OC)c3C1Cc1cc(CO)c(CO)c(OC)c1)CC2. The topological polar surface area (TPSA) is 209 Å². The van der Waals surface area contributed by atoms with Crippen LogP contribution in [0.25, 0.3) is 0 Å². The van der Waals surface area contributed by atoms with Gasteiger partial charge in [-0.05, 0) is 58.1 Å². The summed E-state index contributed by atoms with van der Waals surface area (Å²) < 4.78 is 46.5. The Labute approximate surface area is 416 Å². The zero-order valence-electron chi connectivity index (χ0n) is 42.4. The van der Waals surface area contributed by atoms with Gasteiger partial charge in [0.1, 0.15) is 23.6 Å². The molecule has 4 aromatic carbocycles. The van der Waals surface area contributed by atoms with Crippen molar-refractivity contribution >= 4 is 11.9 Å². The highest BCUT2D eigenvalue weighted by Gasteiger charge is 2.44. The number of hydrogen-bond acceptors (Lipinski definition) is 15. The lowest BCUT2D eigenvalue weighted by Gasteiger charge is -2.46. The number of esters is 2. The van der Waals surface area contributed by atoms with E-state index >= 15 is 0 Å². The van der Waals surface area contributed by atoms with E-state index in [0.717, 1.165) is 58.5 Å². The molecular formula is C54H72N2O15+2.